The number of aromatic amines is 1. The lowest BCUT2D eigenvalue weighted by Gasteiger charge is -2.10. The molecule has 0 atom stereocenters. The largest absolute Gasteiger partial charge is 0.358 e. The maximum absolute atomic E-state index is 12.6. The molecule has 0 saturated heterocycles. The Kier molecular flexibility index (Phi) is 3.23. The van der Waals surface area contributed by atoms with E-state index in [1.165, 1.54) is 53.7 Å². The number of nitrogens with zero attached hydrogens (tertiary/aromatic N) is 1. The van der Waals surface area contributed by atoms with Crippen LogP contribution >= 0.6 is 11.3 Å². The molecule has 24 heavy (non-hydrogen) atoms. The number of thiazole rings is 1. The highest BCUT2D eigenvalue weighted by molar-refractivity contribution is 7.14. The first-order valence-corrected chi connectivity index (χ1v) is 9.56. The van der Waals surface area contributed by atoms with Crippen LogP contribution in [0.15, 0.2) is 23.6 Å². The number of carbonyl (C=O) groups is 1. The molecule has 3 aromatic rings. The van der Waals surface area contributed by atoms with Crippen LogP contribution in [0.5, 0.6) is 0 Å². The van der Waals surface area contributed by atoms with Crippen LogP contribution in [0, 0.1) is 0 Å². The highest BCUT2D eigenvalue weighted by Gasteiger charge is 2.26. The number of aryl methyl sites for hydroxylation is 2. The van der Waals surface area contributed by atoms with Gasteiger partial charge >= 0.3 is 0 Å². The fraction of sp³-hybridized carbons (Fsp3) is 0.368. The van der Waals surface area contributed by atoms with Crippen LogP contribution in [0.3, 0.4) is 0 Å². The van der Waals surface area contributed by atoms with Gasteiger partial charge in [-0.25, -0.2) is 4.98 Å². The van der Waals surface area contributed by atoms with Gasteiger partial charge in [0, 0.05) is 33.5 Å². The molecule has 1 saturated carbocycles. The SMILES string of the molecule is O=C(Nc1nc(C2CC2)cs1)c1ccc2[nH]c3c(c2c1)CCCC3. The van der Waals surface area contributed by atoms with Gasteiger partial charge in [0.1, 0.15) is 0 Å². The van der Waals surface area contributed by atoms with Crippen LogP contribution in [0.25, 0.3) is 10.9 Å². The maximum Gasteiger partial charge on any atom is 0.257 e. The summed E-state index contributed by atoms with van der Waals surface area (Å²) >= 11 is 1.52. The molecule has 1 amide bonds. The number of hydrogen-bond donors (Lipinski definition) is 2. The third kappa shape index (κ3) is 2.44. The van der Waals surface area contributed by atoms with Gasteiger partial charge in [0.2, 0.25) is 0 Å². The minimum Gasteiger partial charge on any atom is -0.358 e. The molecule has 2 aliphatic rings. The number of hydrogen-bond acceptors (Lipinski definition) is 3. The first-order valence-electron chi connectivity index (χ1n) is 8.68. The van der Waals surface area contributed by atoms with Crippen molar-refractivity contribution in [3.63, 3.8) is 0 Å². The van der Waals surface area contributed by atoms with Crippen molar-refractivity contribution in [3.05, 3.63) is 46.1 Å². The van der Waals surface area contributed by atoms with Crippen LogP contribution in [0.1, 0.15) is 58.9 Å². The quantitative estimate of drug-likeness (QED) is 0.732. The second-order valence-electron chi connectivity index (χ2n) is 6.86. The fourth-order valence-corrected chi connectivity index (χ4v) is 4.41. The lowest BCUT2D eigenvalue weighted by molar-refractivity contribution is 0.102. The number of rotatable bonds is 3. The molecule has 122 valence electrons. The van der Waals surface area contributed by atoms with Gasteiger partial charge in [0.05, 0.1) is 5.69 Å². The van der Waals surface area contributed by atoms with Gasteiger partial charge in [-0.05, 0) is 62.3 Å². The van der Waals surface area contributed by atoms with Crippen LogP contribution in [0.4, 0.5) is 5.13 Å². The first-order chi connectivity index (χ1) is 11.8. The first kappa shape index (κ1) is 14.2. The number of carbonyl (C=O) groups excluding carboxylic acids is 1. The highest BCUT2D eigenvalue weighted by atomic mass is 32.1. The number of aromatic nitrogens is 2. The third-order valence-corrected chi connectivity index (χ3v) is 5.87. The number of fused-ring (bicyclic) bond motifs is 3. The van der Waals surface area contributed by atoms with Crippen molar-refractivity contribution in [1.82, 2.24) is 9.97 Å². The number of amides is 1. The Morgan fingerprint density at radius 2 is 2.12 bits per heavy atom. The van der Waals surface area contributed by atoms with Gasteiger partial charge in [0.25, 0.3) is 5.91 Å². The number of anilines is 1. The Hall–Kier alpha value is -2.14. The van der Waals surface area contributed by atoms with Crippen molar-refractivity contribution in [2.24, 2.45) is 0 Å². The predicted molar refractivity (Wildman–Crippen MR) is 97.0 cm³/mol. The smallest absolute Gasteiger partial charge is 0.257 e. The van der Waals surface area contributed by atoms with Crippen molar-refractivity contribution < 1.29 is 4.79 Å². The Morgan fingerprint density at radius 1 is 1.25 bits per heavy atom. The van der Waals surface area contributed by atoms with Gasteiger partial charge in [-0.2, -0.15) is 0 Å². The summed E-state index contributed by atoms with van der Waals surface area (Å²) in [5.74, 6) is 0.550. The summed E-state index contributed by atoms with van der Waals surface area (Å²) in [6.07, 6.45) is 7.17. The van der Waals surface area contributed by atoms with E-state index in [0.717, 1.165) is 24.1 Å². The molecular weight excluding hydrogens is 318 g/mol. The average Bonchev–Trinajstić information content (AvgIpc) is 3.24. The molecule has 0 spiro atoms. The molecule has 0 aliphatic heterocycles. The molecule has 5 rings (SSSR count). The molecule has 5 heteroatoms. The minimum atomic E-state index is -0.0700. The van der Waals surface area contributed by atoms with Crippen molar-refractivity contribution >= 4 is 33.3 Å². The number of benzene rings is 1. The molecule has 1 fully saturated rings. The summed E-state index contributed by atoms with van der Waals surface area (Å²) in [5.41, 5.74) is 5.73. The van der Waals surface area contributed by atoms with E-state index in [4.69, 9.17) is 0 Å². The molecule has 2 heterocycles. The summed E-state index contributed by atoms with van der Waals surface area (Å²) in [7, 11) is 0. The van der Waals surface area contributed by atoms with E-state index in [1.807, 2.05) is 18.2 Å². The lowest BCUT2D eigenvalue weighted by atomic mass is 9.95. The van der Waals surface area contributed by atoms with E-state index in [1.54, 1.807) is 0 Å². The van der Waals surface area contributed by atoms with Gasteiger partial charge in [-0.1, -0.05) is 0 Å². The molecule has 2 aliphatic carbocycles. The van der Waals surface area contributed by atoms with Crippen LogP contribution < -0.4 is 5.32 Å². The molecule has 0 radical (unpaired) electrons. The van der Waals surface area contributed by atoms with Gasteiger partial charge in [0.15, 0.2) is 5.13 Å². The summed E-state index contributed by atoms with van der Waals surface area (Å²) < 4.78 is 0. The molecule has 2 N–H and O–H groups in total. The van der Waals surface area contributed by atoms with Gasteiger partial charge < -0.3 is 4.98 Å². The van der Waals surface area contributed by atoms with Crippen molar-refractivity contribution in [2.45, 2.75) is 44.4 Å². The topological polar surface area (TPSA) is 57.8 Å². The molecule has 4 nitrogen and oxygen atoms in total. The van der Waals surface area contributed by atoms with E-state index in [9.17, 15) is 4.79 Å². The zero-order valence-corrected chi connectivity index (χ0v) is 14.2. The van der Waals surface area contributed by atoms with Crippen LogP contribution in [-0.2, 0) is 12.8 Å². The Labute approximate surface area is 144 Å². The minimum absolute atomic E-state index is 0.0700. The fourth-order valence-electron chi connectivity index (χ4n) is 3.63. The predicted octanol–water partition coefficient (Wildman–Crippen LogP) is 4.63. The van der Waals surface area contributed by atoms with Crippen molar-refractivity contribution in [1.29, 1.82) is 0 Å². The maximum atomic E-state index is 12.6. The van der Waals surface area contributed by atoms with E-state index >= 15 is 0 Å². The Balaban J connectivity index is 1.43. The standard InChI is InChI=1S/C19H19N3OS/c23-18(22-19-21-17(10-24-19)11-5-6-11)12-7-8-16-14(9-12)13-3-1-2-4-15(13)20-16/h7-11,20H,1-6H2,(H,21,22,23). The Morgan fingerprint density at radius 3 is 3.00 bits per heavy atom. The molecular formula is C19H19N3OS. The second-order valence-corrected chi connectivity index (χ2v) is 7.71. The van der Waals surface area contributed by atoms with Crippen LogP contribution in [-0.4, -0.2) is 15.9 Å². The Bertz CT molecular complexity index is 935. The summed E-state index contributed by atoms with van der Waals surface area (Å²) in [6.45, 7) is 0. The molecule has 0 unspecified atom stereocenters. The zero-order valence-electron chi connectivity index (χ0n) is 13.4. The lowest BCUT2D eigenvalue weighted by Crippen LogP contribution is -2.11. The number of nitrogens with one attached hydrogen (secondary N) is 2. The van der Waals surface area contributed by atoms with Gasteiger partial charge in [-0.3, -0.25) is 10.1 Å². The van der Waals surface area contributed by atoms with E-state index in [2.05, 4.69) is 20.7 Å². The molecule has 1 aromatic carbocycles. The summed E-state index contributed by atoms with van der Waals surface area (Å²) in [6, 6.07) is 5.95. The summed E-state index contributed by atoms with van der Waals surface area (Å²) in [5, 5.41) is 6.94. The highest BCUT2D eigenvalue weighted by Crippen LogP contribution is 2.41. The second kappa shape index (κ2) is 5.45. The number of H-pyrrole nitrogens is 1. The van der Waals surface area contributed by atoms with Crippen molar-refractivity contribution in [3.8, 4) is 0 Å². The zero-order chi connectivity index (χ0) is 16.1. The molecule has 0 bridgehead atoms. The van der Waals surface area contributed by atoms with Gasteiger partial charge in [-0.15, -0.1) is 11.3 Å². The van der Waals surface area contributed by atoms with Crippen molar-refractivity contribution in [2.75, 3.05) is 5.32 Å². The third-order valence-electron chi connectivity index (χ3n) is 5.10. The monoisotopic (exact) mass is 337 g/mol. The van der Waals surface area contributed by atoms with E-state index < -0.39 is 0 Å². The van der Waals surface area contributed by atoms with E-state index in [0.29, 0.717) is 16.6 Å². The van der Waals surface area contributed by atoms with E-state index in [-0.39, 0.29) is 5.91 Å². The summed E-state index contributed by atoms with van der Waals surface area (Å²) in [4.78, 5) is 20.6. The average molecular weight is 337 g/mol. The normalized spacial score (nSPS) is 17.0. The molecule has 2 aromatic heterocycles. The van der Waals surface area contributed by atoms with Crippen LogP contribution in [0.2, 0.25) is 0 Å².